The minimum atomic E-state index is 0. The second-order valence-corrected chi connectivity index (χ2v) is 1.01. The monoisotopic (exact) mass is 122 g/mol. The van der Waals surface area contributed by atoms with Crippen LogP contribution in [0.15, 0.2) is 0 Å². The summed E-state index contributed by atoms with van der Waals surface area (Å²) >= 11 is 1.88. The molecule has 0 spiro atoms. The Morgan fingerprint density at radius 1 is 1.75 bits per heavy atom. The van der Waals surface area contributed by atoms with E-state index in [0.29, 0.717) is 0 Å². The molecule has 0 aliphatic rings. The molecule has 0 rings (SSSR count). The van der Waals surface area contributed by atoms with Crippen molar-refractivity contribution in [2.24, 2.45) is 0 Å². The van der Waals surface area contributed by atoms with Gasteiger partial charge in [0.15, 0.2) is 0 Å². The zero-order chi connectivity index (χ0) is 2.71. The van der Waals surface area contributed by atoms with Gasteiger partial charge in [-0.3, -0.25) is 0 Å². The first-order valence-electron chi connectivity index (χ1n) is 0.383. The molecule has 0 saturated heterocycles. The minimum absolute atomic E-state index is 0. The number of hydrogen-bond acceptors (Lipinski definition) is 1. The first kappa shape index (κ1) is 9.19. The molecule has 0 bridgehead atoms. The summed E-state index contributed by atoms with van der Waals surface area (Å²) in [5, 5.41) is 0. The predicted molar refractivity (Wildman–Crippen MR) is 14.8 cm³/mol. The van der Waals surface area contributed by atoms with Crippen LogP contribution in [0.25, 0.3) is 0 Å². The van der Waals surface area contributed by atoms with E-state index < -0.39 is 0 Å². The van der Waals surface area contributed by atoms with Gasteiger partial charge in [0, 0.05) is 0 Å². The van der Waals surface area contributed by atoms with Gasteiger partial charge in [-0.25, -0.2) is 0 Å². The van der Waals surface area contributed by atoms with Gasteiger partial charge in [0.1, 0.15) is 0 Å². The van der Waals surface area contributed by atoms with Crippen molar-refractivity contribution in [2.45, 2.75) is 0 Å². The normalized spacial score (nSPS) is 5.00. The maximum absolute atomic E-state index is 8.88. The molecule has 0 aliphatic carbocycles. The van der Waals surface area contributed by atoms with E-state index in [0.717, 1.165) is 0 Å². The molecule has 1 nitrogen and oxygen atoms in total. The molecule has 0 aliphatic heterocycles. The topological polar surface area (TPSA) is 17.1 Å². The maximum atomic E-state index is 8.88. The summed E-state index contributed by atoms with van der Waals surface area (Å²) in [6.07, 6.45) is 0. The first-order chi connectivity index (χ1) is 1.41. The zero-order valence-electron chi connectivity index (χ0n) is 1.30. The number of rotatable bonds is 0. The molecule has 0 aromatic carbocycles. The molecule has 0 radical (unpaired) electrons. The molecule has 4 heavy (non-hydrogen) atoms. The molecule has 0 N–H and O–H groups in total. The summed E-state index contributed by atoms with van der Waals surface area (Å²) in [6.45, 7) is 0.104. The van der Waals surface area contributed by atoms with E-state index in [-0.39, 0.29) is 36.5 Å². The van der Waals surface area contributed by atoms with Crippen LogP contribution in [0.1, 0.15) is 0 Å². The van der Waals surface area contributed by atoms with Crippen LogP contribution in [0.5, 0.6) is 0 Å². The molecule has 0 saturated carbocycles. The molecule has 0 unspecified atom stereocenters. The first-order valence-corrected chi connectivity index (χ1v) is 3.02. The van der Waals surface area contributed by atoms with Crippen LogP contribution in [0.3, 0.4) is 0 Å². The Labute approximate surface area is 57.5 Å². The van der Waals surface area contributed by atoms with Crippen LogP contribution in [0.2, 0.25) is 0 Å². The van der Waals surface area contributed by atoms with Crippen LogP contribution in [0.4, 0.5) is 0 Å². The third kappa shape index (κ3) is 9.36. The van der Waals surface area contributed by atoms with Gasteiger partial charge < -0.3 is 0 Å². The van der Waals surface area contributed by atoms with Crippen molar-refractivity contribution in [3.05, 3.63) is 0 Å². The second kappa shape index (κ2) is 8.82. The van der Waals surface area contributed by atoms with Crippen molar-refractivity contribution in [3.8, 4) is 0 Å². The van der Waals surface area contributed by atoms with E-state index in [1.54, 1.807) is 0 Å². The van der Waals surface area contributed by atoms with Crippen LogP contribution >= 0.6 is 6.93 Å². The van der Waals surface area contributed by atoms with Crippen molar-refractivity contribution < 1.29 is 21.5 Å². The van der Waals surface area contributed by atoms with Crippen molar-refractivity contribution in [1.82, 2.24) is 0 Å². The second-order valence-electron chi connectivity index (χ2n) is 0.0816. The standard InChI is InChI=1S/Na.OP.V.H/c;1-2;;/q;-1;+1;. The van der Waals surface area contributed by atoms with Crippen LogP contribution in [0, 0.1) is 0 Å². The van der Waals surface area contributed by atoms with Crippen molar-refractivity contribution in [1.29, 1.82) is 0 Å². The Hall–Kier alpha value is 1.68. The summed E-state index contributed by atoms with van der Waals surface area (Å²) in [5.41, 5.74) is 0. The summed E-state index contributed by atoms with van der Waals surface area (Å²) in [7, 11) is 0. The third-order valence-corrected chi connectivity index (χ3v) is 0. The summed E-state index contributed by atoms with van der Waals surface area (Å²) in [5.74, 6) is 0. The van der Waals surface area contributed by atoms with Crippen molar-refractivity contribution in [3.63, 3.8) is 0 Å². The summed E-state index contributed by atoms with van der Waals surface area (Å²) in [6, 6.07) is 0. The molecular weight excluding hydrogens is 121 g/mol. The quantitative estimate of drug-likeness (QED) is 0.328. The molecule has 0 amide bonds. The molecule has 4 heteroatoms. The molecule has 0 heterocycles. The van der Waals surface area contributed by atoms with Gasteiger partial charge in [-0.15, -0.1) is 0 Å². The fraction of sp³-hybridized carbons (Fsp3) is 0. The summed E-state index contributed by atoms with van der Waals surface area (Å²) in [4.78, 5) is 0. The van der Waals surface area contributed by atoms with Gasteiger partial charge in [0.25, 0.3) is 0 Å². The van der Waals surface area contributed by atoms with Gasteiger partial charge in [0.05, 0.1) is 0 Å². The van der Waals surface area contributed by atoms with Gasteiger partial charge in [-0.1, -0.05) is 0 Å². The zero-order valence-corrected chi connectivity index (χ0v) is 3.59. The Morgan fingerprint density at radius 2 is 1.75 bits per heavy atom. The molecule has 18 valence electrons. The molecular formula is HNaOPV. The van der Waals surface area contributed by atoms with Crippen LogP contribution in [-0.4, -0.2) is 29.6 Å². The predicted octanol–water partition coefficient (Wildman–Crippen LogP) is 0.0914. The van der Waals surface area contributed by atoms with Crippen molar-refractivity contribution >= 4 is 36.5 Å². The van der Waals surface area contributed by atoms with E-state index >= 15 is 0 Å². The van der Waals surface area contributed by atoms with E-state index in [2.05, 4.69) is 0 Å². The fourth-order valence-corrected chi connectivity index (χ4v) is 0. The Bertz CT molecular complexity index is 15.5. The van der Waals surface area contributed by atoms with E-state index in [1.165, 1.54) is 0 Å². The molecule has 0 fully saturated rings. The van der Waals surface area contributed by atoms with E-state index in [1.807, 2.05) is 17.0 Å². The average Bonchev–Trinajstić information content (AvgIpc) is 0.918. The summed E-state index contributed by atoms with van der Waals surface area (Å²) < 4.78 is 8.88. The van der Waals surface area contributed by atoms with Crippen LogP contribution in [-0.2, 0) is 21.5 Å². The van der Waals surface area contributed by atoms with Crippen molar-refractivity contribution in [2.75, 3.05) is 0 Å². The Kier molecular flexibility index (Phi) is 20.3. The van der Waals surface area contributed by atoms with E-state index in [9.17, 15) is 0 Å². The van der Waals surface area contributed by atoms with Gasteiger partial charge in [-0.05, 0) is 0 Å². The van der Waals surface area contributed by atoms with Gasteiger partial charge in [0.2, 0.25) is 0 Å². The van der Waals surface area contributed by atoms with Crippen LogP contribution < -0.4 is 0 Å². The van der Waals surface area contributed by atoms with Gasteiger partial charge >= 0.3 is 58.0 Å². The Morgan fingerprint density at radius 3 is 1.75 bits per heavy atom. The van der Waals surface area contributed by atoms with E-state index in [4.69, 9.17) is 4.57 Å². The molecule has 0 aromatic rings. The van der Waals surface area contributed by atoms with Gasteiger partial charge in [-0.2, -0.15) is 0 Å². The fourth-order valence-electron chi connectivity index (χ4n) is 0. The SMILES string of the molecule is O=[P][V].[NaH]. The molecule has 0 atom stereocenters. The average molecular weight is 122 g/mol. The molecule has 0 aromatic heterocycles. The number of hydrogen-bond donors (Lipinski definition) is 0. The third-order valence-electron chi connectivity index (χ3n) is 0. The Balaban J connectivity index is 0.